The molecule has 1 atom stereocenters. The second-order valence-corrected chi connectivity index (χ2v) is 5.72. The molecule has 0 aliphatic carbocycles. The van der Waals surface area contributed by atoms with Gasteiger partial charge in [-0.2, -0.15) is 5.10 Å². The number of urea groups is 1. The van der Waals surface area contributed by atoms with Crippen LogP contribution in [0, 0.1) is 6.92 Å². The van der Waals surface area contributed by atoms with Crippen molar-refractivity contribution in [2.24, 2.45) is 0 Å². The first kappa shape index (κ1) is 17.3. The molecule has 0 spiro atoms. The van der Waals surface area contributed by atoms with E-state index < -0.39 is 18.0 Å². The average Bonchev–Trinajstić information content (AvgIpc) is 3.04. The highest BCUT2D eigenvalue weighted by atomic mass is 16.5. The lowest BCUT2D eigenvalue weighted by atomic mass is 10.1. The smallest absolute Gasteiger partial charge is 0.328 e. The van der Waals surface area contributed by atoms with Gasteiger partial charge < -0.3 is 10.1 Å². The number of pyridine rings is 2. The van der Waals surface area contributed by atoms with E-state index in [4.69, 9.17) is 0 Å². The molecule has 3 rings (SSSR count). The lowest BCUT2D eigenvalue weighted by Crippen LogP contribution is -2.41. The molecule has 0 saturated carbocycles. The highest BCUT2D eigenvalue weighted by Crippen LogP contribution is 2.26. The summed E-state index contributed by atoms with van der Waals surface area (Å²) >= 11 is 0. The van der Waals surface area contributed by atoms with Gasteiger partial charge in [-0.05, 0) is 26.0 Å². The molecule has 3 N–H and O–H groups in total. The van der Waals surface area contributed by atoms with Crippen LogP contribution in [0.15, 0.2) is 30.6 Å². The summed E-state index contributed by atoms with van der Waals surface area (Å²) in [4.78, 5) is 31.7. The van der Waals surface area contributed by atoms with E-state index in [2.05, 4.69) is 35.5 Å². The predicted molar refractivity (Wildman–Crippen MR) is 95.5 cm³/mol. The Kier molecular flexibility index (Phi) is 4.78. The summed E-state index contributed by atoms with van der Waals surface area (Å²) < 4.78 is 4.56. The third-order valence-electron chi connectivity index (χ3n) is 3.76. The van der Waals surface area contributed by atoms with Crippen LogP contribution in [0.25, 0.3) is 22.2 Å². The van der Waals surface area contributed by atoms with Crippen LogP contribution < -0.4 is 10.6 Å². The van der Waals surface area contributed by atoms with Crippen molar-refractivity contribution in [1.82, 2.24) is 25.5 Å². The monoisotopic (exact) mass is 354 g/mol. The number of carbonyl (C=O) groups excluding carboxylic acids is 2. The fraction of sp³-hybridized carbons (Fsp3) is 0.235. The first-order valence-corrected chi connectivity index (χ1v) is 7.90. The number of fused-ring (bicyclic) bond motifs is 1. The lowest BCUT2D eigenvalue weighted by molar-refractivity contribution is -0.142. The van der Waals surface area contributed by atoms with E-state index in [0.717, 1.165) is 27.9 Å². The summed E-state index contributed by atoms with van der Waals surface area (Å²) in [6, 6.07) is 4.15. The van der Waals surface area contributed by atoms with Crippen LogP contribution in [0.4, 0.5) is 10.6 Å². The molecule has 2 amide bonds. The molecule has 0 aliphatic rings. The van der Waals surface area contributed by atoms with Gasteiger partial charge in [0.25, 0.3) is 0 Å². The van der Waals surface area contributed by atoms with Crippen LogP contribution in [0.5, 0.6) is 0 Å². The first-order chi connectivity index (χ1) is 12.5. The highest BCUT2D eigenvalue weighted by Gasteiger charge is 2.16. The molecule has 0 aromatic carbocycles. The number of hydrogen-bond donors (Lipinski definition) is 3. The molecule has 0 radical (unpaired) electrons. The van der Waals surface area contributed by atoms with Crippen molar-refractivity contribution in [2.75, 3.05) is 12.4 Å². The topological polar surface area (TPSA) is 122 Å². The molecule has 9 heteroatoms. The van der Waals surface area contributed by atoms with Crippen LogP contribution in [-0.2, 0) is 9.53 Å². The van der Waals surface area contributed by atoms with Crippen molar-refractivity contribution in [3.63, 3.8) is 0 Å². The number of aromatic amines is 1. The third kappa shape index (κ3) is 3.61. The molecule has 9 nitrogen and oxygen atoms in total. The van der Waals surface area contributed by atoms with Gasteiger partial charge in [-0.25, -0.2) is 14.6 Å². The Labute approximate surface area is 149 Å². The molecular formula is C17H18N6O3. The zero-order valence-corrected chi connectivity index (χ0v) is 14.5. The number of amides is 2. The van der Waals surface area contributed by atoms with E-state index in [1.165, 1.54) is 14.0 Å². The van der Waals surface area contributed by atoms with Crippen LogP contribution in [0.3, 0.4) is 0 Å². The molecule has 0 aliphatic heterocycles. The second kappa shape index (κ2) is 7.18. The fourth-order valence-corrected chi connectivity index (χ4v) is 2.48. The van der Waals surface area contributed by atoms with Gasteiger partial charge in [-0.1, -0.05) is 0 Å². The summed E-state index contributed by atoms with van der Waals surface area (Å²) in [6.07, 6.45) is 3.35. The zero-order valence-electron chi connectivity index (χ0n) is 14.5. The van der Waals surface area contributed by atoms with Crippen molar-refractivity contribution in [2.45, 2.75) is 19.9 Å². The third-order valence-corrected chi connectivity index (χ3v) is 3.76. The van der Waals surface area contributed by atoms with E-state index >= 15 is 0 Å². The molecule has 134 valence electrons. The first-order valence-electron chi connectivity index (χ1n) is 7.90. The minimum absolute atomic E-state index is 0.327. The molecule has 3 heterocycles. The van der Waals surface area contributed by atoms with E-state index in [-0.39, 0.29) is 0 Å². The molecule has 0 fully saturated rings. The van der Waals surface area contributed by atoms with Crippen molar-refractivity contribution in [3.8, 4) is 11.3 Å². The Morgan fingerprint density at radius 2 is 2.08 bits per heavy atom. The van der Waals surface area contributed by atoms with Gasteiger partial charge in [-0.3, -0.25) is 15.4 Å². The van der Waals surface area contributed by atoms with Gasteiger partial charge in [-0.15, -0.1) is 0 Å². The van der Waals surface area contributed by atoms with E-state index in [1.807, 2.05) is 19.1 Å². The number of rotatable bonds is 4. The number of carbonyl (C=O) groups is 2. The number of methoxy groups -OCH3 is 1. The molecular weight excluding hydrogens is 336 g/mol. The number of esters is 1. The van der Waals surface area contributed by atoms with Gasteiger partial charge in [0.05, 0.1) is 12.6 Å². The van der Waals surface area contributed by atoms with Gasteiger partial charge >= 0.3 is 12.0 Å². The summed E-state index contributed by atoms with van der Waals surface area (Å²) in [5.74, 6) is -0.206. The SMILES string of the molecule is COC(=O)[C@@H](C)NC(=O)Nc1cc2[nH]nc(-c3ccnc(C)c3)c2cn1. The predicted octanol–water partition coefficient (Wildman–Crippen LogP) is 2.01. The minimum Gasteiger partial charge on any atom is -0.467 e. The number of nitrogens with zero attached hydrogens (tertiary/aromatic N) is 3. The quantitative estimate of drug-likeness (QED) is 0.616. The van der Waals surface area contributed by atoms with Gasteiger partial charge in [0.15, 0.2) is 0 Å². The van der Waals surface area contributed by atoms with Crippen LogP contribution in [0.2, 0.25) is 0 Å². The molecule has 0 bridgehead atoms. The van der Waals surface area contributed by atoms with Crippen molar-refractivity contribution < 1.29 is 14.3 Å². The summed E-state index contributed by atoms with van der Waals surface area (Å²) in [5, 5.41) is 13.1. The number of hydrogen-bond acceptors (Lipinski definition) is 6. The standard InChI is InChI=1S/C17H18N6O3/c1-9-6-11(4-5-18-9)15-12-8-19-14(7-13(12)22-23-15)21-17(25)20-10(2)16(24)26-3/h4-8,10H,1-3H3,(H,22,23)(H2,19,20,21,25)/t10-/m1/s1. The van der Waals surface area contributed by atoms with Crippen LogP contribution >= 0.6 is 0 Å². The van der Waals surface area contributed by atoms with Gasteiger partial charge in [0.2, 0.25) is 0 Å². The normalized spacial score (nSPS) is 11.8. The Hall–Kier alpha value is -3.49. The fourth-order valence-electron chi connectivity index (χ4n) is 2.48. The van der Waals surface area contributed by atoms with Gasteiger partial charge in [0, 0.05) is 35.1 Å². The number of aromatic nitrogens is 4. The number of aryl methyl sites for hydroxylation is 1. The van der Waals surface area contributed by atoms with Crippen molar-refractivity contribution in [3.05, 3.63) is 36.3 Å². The number of H-pyrrole nitrogens is 1. The maximum atomic E-state index is 11.9. The second-order valence-electron chi connectivity index (χ2n) is 5.72. The van der Waals surface area contributed by atoms with Crippen LogP contribution in [-0.4, -0.2) is 45.3 Å². The Balaban J connectivity index is 1.78. The summed E-state index contributed by atoms with van der Waals surface area (Å²) in [5.41, 5.74) is 3.30. The van der Waals surface area contributed by atoms with Gasteiger partial charge in [0.1, 0.15) is 17.6 Å². The number of ether oxygens (including phenoxy) is 1. The maximum Gasteiger partial charge on any atom is 0.328 e. The number of nitrogens with one attached hydrogen (secondary N) is 3. The Morgan fingerprint density at radius 1 is 1.27 bits per heavy atom. The maximum absolute atomic E-state index is 11.9. The minimum atomic E-state index is -0.766. The summed E-state index contributed by atoms with van der Waals surface area (Å²) in [7, 11) is 1.26. The molecule has 0 saturated heterocycles. The van der Waals surface area contributed by atoms with Crippen LogP contribution in [0.1, 0.15) is 12.6 Å². The average molecular weight is 354 g/mol. The Morgan fingerprint density at radius 3 is 2.81 bits per heavy atom. The van der Waals surface area contributed by atoms with E-state index in [1.54, 1.807) is 18.5 Å². The molecule has 3 aromatic heterocycles. The number of anilines is 1. The Bertz CT molecular complexity index is 968. The van der Waals surface area contributed by atoms with E-state index in [9.17, 15) is 9.59 Å². The largest absolute Gasteiger partial charge is 0.467 e. The lowest BCUT2D eigenvalue weighted by Gasteiger charge is -2.12. The molecule has 0 unspecified atom stereocenters. The van der Waals surface area contributed by atoms with Crippen molar-refractivity contribution >= 4 is 28.7 Å². The van der Waals surface area contributed by atoms with Crippen molar-refractivity contribution in [1.29, 1.82) is 0 Å². The summed E-state index contributed by atoms with van der Waals surface area (Å²) in [6.45, 7) is 3.44. The zero-order chi connectivity index (χ0) is 18.7. The molecule has 3 aromatic rings. The van der Waals surface area contributed by atoms with E-state index in [0.29, 0.717) is 5.82 Å². The molecule has 26 heavy (non-hydrogen) atoms. The highest BCUT2D eigenvalue weighted by molar-refractivity contribution is 5.96.